The third kappa shape index (κ3) is 4.67. The zero-order valence-corrected chi connectivity index (χ0v) is 16.5. The van der Waals surface area contributed by atoms with Gasteiger partial charge in [0.2, 0.25) is 0 Å². The van der Waals surface area contributed by atoms with Crippen molar-refractivity contribution in [1.29, 1.82) is 0 Å². The van der Waals surface area contributed by atoms with Gasteiger partial charge in [-0.15, -0.1) is 0 Å². The fourth-order valence-electron chi connectivity index (χ4n) is 2.74. The van der Waals surface area contributed by atoms with E-state index in [1.807, 2.05) is 20.8 Å². The van der Waals surface area contributed by atoms with Crippen molar-refractivity contribution in [3.05, 3.63) is 70.8 Å². The normalized spacial score (nSPS) is 12.1. The summed E-state index contributed by atoms with van der Waals surface area (Å²) in [5, 5.41) is 6.37. The van der Waals surface area contributed by atoms with Gasteiger partial charge in [0.15, 0.2) is 5.82 Å². The molecule has 3 aromatic rings. The largest absolute Gasteiger partial charge is 0.416 e. The van der Waals surface area contributed by atoms with E-state index in [4.69, 9.17) is 4.52 Å². The molecule has 2 aromatic carbocycles. The molecule has 0 bridgehead atoms. The third-order valence-corrected chi connectivity index (χ3v) is 4.32. The Labute approximate surface area is 170 Å². The summed E-state index contributed by atoms with van der Waals surface area (Å²) in [6.45, 7) is 5.28. The van der Waals surface area contributed by atoms with Crippen molar-refractivity contribution < 1.29 is 26.9 Å². The first-order valence-corrected chi connectivity index (χ1v) is 9.04. The zero-order valence-electron chi connectivity index (χ0n) is 16.5. The van der Waals surface area contributed by atoms with E-state index in [-0.39, 0.29) is 22.4 Å². The van der Waals surface area contributed by atoms with E-state index in [1.54, 1.807) is 18.2 Å². The van der Waals surface area contributed by atoms with Gasteiger partial charge in [-0.05, 0) is 29.8 Å². The van der Waals surface area contributed by atoms with Crippen LogP contribution in [0.5, 0.6) is 0 Å². The van der Waals surface area contributed by atoms with E-state index in [9.17, 15) is 22.4 Å². The predicted octanol–water partition coefficient (Wildman–Crippen LogP) is 5.12. The minimum absolute atomic E-state index is 0.128. The molecule has 9 heteroatoms. The molecule has 0 aliphatic rings. The smallest absolute Gasteiger partial charge is 0.348 e. The fourth-order valence-corrected chi connectivity index (χ4v) is 2.74. The van der Waals surface area contributed by atoms with Gasteiger partial charge in [-0.1, -0.05) is 44.1 Å². The number of hydrogen-bond acceptors (Lipinski definition) is 4. The van der Waals surface area contributed by atoms with Crippen LogP contribution < -0.4 is 5.32 Å². The standard InChI is InChI=1S/C21H19F4N3O2/c1-20(2,3)19-27-18(30-28-19)15-7-5-4-6-14(15)17(29)26-11-12-8-9-13(22)10-16(12)21(23,24)25/h4-10H,11H2,1-3H3,(H,26,29). The van der Waals surface area contributed by atoms with Crippen molar-refractivity contribution >= 4 is 5.91 Å². The molecule has 1 amide bonds. The summed E-state index contributed by atoms with van der Waals surface area (Å²) in [5.41, 5.74) is -1.23. The SMILES string of the molecule is CC(C)(C)c1noc(-c2ccccc2C(=O)NCc2ccc(F)cc2C(F)(F)F)n1. The van der Waals surface area contributed by atoms with Gasteiger partial charge in [0.1, 0.15) is 5.82 Å². The van der Waals surface area contributed by atoms with Crippen molar-refractivity contribution in [2.75, 3.05) is 0 Å². The molecular weight excluding hydrogens is 402 g/mol. The maximum atomic E-state index is 13.3. The quantitative estimate of drug-likeness (QED) is 0.594. The van der Waals surface area contributed by atoms with Crippen LogP contribution >= 0.6 is 0 Å². The average molecular weight is 421 g/mol. The molecule has 1 N–H and O–H groups in total. The summed E-state index contributed by atoms with van der Waals surface area (Å²) in [5.74, 6) is -1.05. The van der Waals surface area contributed by atoms with Crippen LogP contribution in [0.1, 0.15) is 48.1 Å². The van der Waals surface area contributed by atoms with E-state index in [0.717, 1.165) is 12.1 Å². The first kappa shape index (κ1) is 21.5. The molecule has 0 atom stereocenters. The van der Waals surface area contributed by atoms with Gasteiger partial charge in [0, 0.05) is 12.0 Å². The number of carbonyl (C=O) groups is 1. The number of amides is 1. The number of hydrogen-bond donors (Lipinski definition) is 1. The minimum Gasteiger partial charge on any atom is -0.348 e. The Bertz CT molecular complexity index is 1070. The lowest BCUT2D eigenvalue weighted by atomic mass is 9.96. The van der Waals surface area contributed by atoms with Crippen molar-refractivity contribution in [2.45, 2.75) is 38.9 Å². The molecule has 1 heterocycles. The Kier molecular flexibility index (Phi) is 5.65. The van der Waals surface area contributed by atoms with Gasteiger partial charge < -0.3 is 9.84 Å². The molecule has 0 aliphatic carbocycles. The van der Waals surface area contributed by atoms with Crippen LogP contribution in [0.25, 0.3) is 11.5 Å². The second kappa shape index (κ2) is 7.89. The van der Waals surface area contributed by atoms with Crippen LogP contribution in [-0.2, 0) is 18.1 Å². The van der Waals surface area contributed by atoms with E-state index in [0.29, 0.717) is 17.5 Å². The molecule has 30 heavy (non-hydrogen) atoms. The molecule has 0 fully saturated rings. The van der Waals surface area contributed by atoms with Crippen LogP contribution in [0.3, 0.4) is 0 Å². The molecule has 1 aromatic heterocycles. The number of aromatic nitrogens is 2. The number of carbonyl (C=O) groups excluding carboxylic acids is 1. The highest BCUT2D eigenvalue weighted by atomic mass is 19.4. The van der Waals surface area contributed by atoms with Crippen LogP contribution in [0.15, 0.2) is 47.0 Å². The first-order chi connectivity index (χ1) is 14.0. The third-order valence-electron chi connectivity index (χ3n) is 4.32. The van der Waals surface area contributed by atoms with Gasteiger partial charge in [0.25, 0.3) is 11.8 Å². The summed E-state index contributed by atoms with van der Waals surface area (Å²) in [6, 6.07) is 8.71. The number of nitrogens with zero attached hydrogens (tertiary/aromatic N) is 2. The Hall–Kier alpha value is -3.23. The van der Waals surface area contributed by atoms with E-state index in [2.05, 4.69) is 15.5 Å². The predicted molar refractivity (Wildman–Crippen MR) is 101 cm³/mol. The van der Waals surface area contributed by atoms with E-state index in [1.165, 1.54) is 6.07 Å². The van der Waals surface area contributed by atoms with Crippen molar-refractivity contribution in [3.63, 3.8) is 0 Å². The molecular formula is C21H19F4N3O2. The van der Waals surface area contributed by atoms with E-state index < -0.39 is 30.0 Å². The Morgan fingerprint density at radius 2 is 1.80 bits per heavy atom. The Balaban J connectivity index is 1.86. The maximum absolute atomic E-state index is 13.3. The summed E-state index contributed by atoms with van der Waals surface area (Å²) in [6.07, 6.45) is -4.74. The summed E-state index contributed by atoms with van der Waals surface area (Å²) in [7, 11) is 0. The lowest BCUT2D eigenvalue weighted by Gasteiger charge is -2.14. The molecule has 5 nitrogen and oxygen atoms in total. The van der Waals surface area contributed by atoms with Crippen molar-refractivity contribution in [1.82, 2.24) is 15.5 Å². The zero-order chi connectivity index (χ0) is 22.1. The molecule has 0 unspecified atom stereocenters. The lowest BCUT2D eigenvalue weighted by Crippen LogP contribution is -2.25. The van der Waals surface area contributed by atoms with Crippen LogP contribution in [0.4, 0.5) is 17.6 Å². The lowest BCUT2D eigenvalue weighted by molar-refractivity contribution is -0.138. The number of halogens is 4. The second-order valence-electron chi connectivity index (χ2n) is 7.70. The summed E-state index contributed by atoms with van der Waals surface area (Å²) in [4.78, 5) is 17.0. The summed E-state index contributed by atoms with van der Waals surface area (Å²) < 4.78 is 58.0. The molecule has 0 saturated heterocycles. The fraction of sp³-hybridized carbons (Fsp3) is 0.286. The molecule has 0 spiro atoms. The van der Waals surface area contributed by atoms with Crippen LogP contribution in [0.2, 0.25) is 0 Å². The number of benzene rings is 2. The Morgan fingerprint density at radius 3 is 2.43 bits per heavy atom. The Morgan fingerprint density at radius 1 is 1.10 bits per heavy atom. The topological polar surface area (TPSA) is 68.0 Å². The van der Waals surface area contributed by atoms with E-state index >= 15 is 0 Å². The highest BCUT2D eigenvalue weighted by Crippen LogP contribution is 2.32. The first-order valence-electron chi connectivity index (χ1n) is 9.04. The molecule has 158 valence electrons. The molecule has 0 saturated carbocycles. The molecule has 0 aliphatic heterocycles. The van der Waals surface area contributed by atoms with Crippen LogP contribution in [-0.4, -0.2) is 16.0 Å². The van der Waals surface area contributed by atoms with Gasteiger partial charge in [-0.2, -0.15) is 18.2 Å². The monoisotopic (exact) mass is 421 g/mol. The van der Waals surface area contributed by atoms with Gasteiger partial charge >= 0.3 is 6.18 Å². The maximum Gasteiger partial charge on any atom is 0.416 e. The molecule has 3 rings (SSSR count). The van der Waals surface area contributed by atoms with Gasteiger partial charge in [0.05, 0.1) is 16.7 Å². The number of alkyl halides is 3. The number of rotatable bonds is 4. The highest BCUT2D eigenvalue weighted by Gasteiger charge is 2.34. The second-order valence-corrected chi connectivity index (χ2v) is 7.70. The minimum atomic E-state index is -4.74. The van der Waals surface area contributed by atoms with Gasteiger partial charge in [-0.3, -0.25) is 4.79 Å². The highest BCUT2D eigenvalue weighted by molar-refractivity contribution is 5.99. The number of nitrogens with one attached hydrogen (secondary N) is 1. The van der Waals surface area contributed by atoms with Gasteiger partial charge in [-0.25, -0.2) is 4.39 Å². The summed E-state index contributed by atoms with van der Waals surface area (Å²) >= 11 is 0. The van der Waals surface area contributed by atoms with Crippen molar-refractivity contribution in [2.24, 2.45) is 0 Å². The van der Waals surface area contributed by atoms with Crippen molar-refractivity contribution in [3.8, 4) is 11.5 Å². The van der Waals surface area contributed by atoms with Crippen LogP contribution in [0, 0.1) is 5.82 Å². The molecule has 0 radical (unpaired) electrons. The average Bonchev–Trinajstić information content (AvgIpc) is 3.16.